The van der Waals surface area contributed by atoms with Crippen LogP contribution in [0.25, 0.3) is 0 Å². The van der Waals surface area contributed by atoms with E-state index in [9.17, 15) is 0 Å². The Balaban J connectivity index is -0.0000000147. The molecule has 0 aromatic heterocycles. The van der Waals surface area contributed by atoms with Crippen molar-refractivity contribution in [2.75, 3.05) is 0 Å². The summed E-state index contributed by atoms with van der Waals surface area (Å²) in [4.78, 5) is 24.7. The summed E-state index contributed by atoms with van der Waals surface area (Å²) in [5.41, 5.74) is 0. The van der Waals surface area contributed by atoms with Gasteiger partial charge >= 0.3 is 0 Å². The van der Waals surface area contributed by atoms with Crippen molar-refractivity contribution in [2.45, 2.75) is 6.92 Å². The van der Waals surface area contributed by atoms with Crippen LogP contribution in [0.3, 0.4) is 0 Å². The van der Waals surface area contributed by atoms with Crippen LogP contribution in [0.1, 0.15) is 6.92 Å². The van der Waals surface area contributed by atoms with Gasteiger partial charge in [-0.3, -0.25) is 6.29 Å². The molecule has 51 valence electrons. The van der Waals surface area contributed by atoms with E-state index in [0.29, 0.717) is 0 Å². The minimum atomic E-state index is 0. The van der Waals surface area contributed by atoms with E-state index >= 15 is 0 Å². The van der Waals surface area contributed by atoms with Crippen molar-refractivity contribution < 1.29 is 33.9 Å². The number of hydrogen-bond donors (Lipinski definition) is 0. The Bertz CT molecular complexity index is 30.5. The Kier molecular flexibility index (Phi) is 1670. The van der Waals surface area contributed by atoms with E-state index in [1.807, 2.05) is 13.6 Å². The predicted octanol–water partition coefficient (Wildman–Crippen LogP) is -0.256. The van der Waals surface area contributed by atoms with Gasteiger partial charge in [-0.15, -0.1) is 0 Å². The second-order valence-corrected chi connectivity index (χ2v) is 0.204. The molecule has 0 spiro atoms. The van der Waals surface area contributed by atoms with Crippen LogP contribution in [0.2, 0.25) is 0 Å². The standard InChI is InChI=1S/C2H3O.2CH2O.Rh/c1-2-3;2*1-2;/h1H3;2*1H2;/q-1;;;. The second kappa shape index (κ2) is 525. The molecule has 4 heteroatoms. The third-order valence-corrected chi connectivity index (χ3v) is 0. The Labute approximate surface area is 61.2 Å². The summed E-state index contributed by atoms with van der Waals surface area (Å²) >= 11 is 0. The van der Waals surface area contributed by atoms with Crippen molar-refractivity contribution in [2.24, 2.45) is 0 Å². The molecule has 0 aliphatic carbocycles. The second-order valence-electron chi connectivity index (χ2n) is 0.204. The summed E-state index contributed by atoms with van der Waals surface area (Å²) < 4.78 is 0. The number of carbonyl (C=O) groups is 2. The maximum absolute atomic E-state index is 8.68. The molecule has 0 fully saturated rings. The zero-order valence-electron chi connectivity index (χ0n) is 4.47. The van der Waals surface area contributed by atoms with Gasteiger partial charge in [0.1, 0.15) is 13.6 Å². The van der Waals surface area contributed by atoms with Crippen LogP contribution in [0.15, 0.2) is 0 Å². The molecule has 0 heterocycles. The summed E-state index contributed by atoms with van der Waals surface area (Å²) in [6, 6.07) is 0. The number of carbonyl (C=O) groups excluding carboxylic acids is 3. The van der Waals surface area contributed by atoms with Crippen LogP contribution < -0.4 is 0 Å². The largest absolute Gasteiger partial charge is 0.542 e. The van der Waals surface area contributed by atoms with Gasteiger partial charge in [0.25, 0.3) is 0 Å². The normalized spacial score (nSPS) is 2.62. The summed E-state index contributed by atoms with van der Waals surface area (Å²) in [5, 5.41) is 0. The Morgan fingerprint density at radius 2 is 1.12 bits per heavy atom. The van der Waals surface area contributed by atoms with Crippen molar-refractivity contribution in [1.82, 2.24) is 0 Å². The molecule has 0 amide bonds. The fourth-order valence-electron chi connectivity index (χ4n) is 0. The average molecular weight is 206 g/mol. The topological polar surface area (TPSA) is 51.2 Å². The molecule has 0 atom stereocenters. The van der Waals surface area contributed by atoms with Gasteiger partial charge in [0, 0.05) is 19.5 Å². The van der Waals surface area contributed by atoms with E-state index in [2.05, 4.69) is 0 Å². The van der Waals surface area contributed by atoms with E-state index in [0.717, 1.165) is 0 Å². The Hall–Kier alpha value is -0.367. The molecule has 0 aromatic carbocycles. The monoisotopic (exact) mass is 206 g/mol. The molecule has 0 aromatic rings. The van der Waals surface area contributed by atoms with Crippen LogP contribution in [-0.4, -0.2) is 19.9 Å². The molecule has 1 radical (unpaired) electrons. The molecule has 0 N–H and O–H groups in total. The summed E-state index contributed by atoms with van der Waals surface area (Å²) in [6.07, 6.45) is 1.50. The molecule has 8 heavy (non-hydrogen) atoms. The van der Waals surface area contributed by atoms with Gasteiger partial charge in [-0.05, 0) is 0 Å². The fourth-order valence-corrected chi connectivity index (χ4v) is 0. The maximum atomic E-state index is 8.68. The van der Waals surface area contributed by atoms with Crippen LogP contribution in [0.4, 0.5) is 0 Å². The van der Waals surface area contributed by atoms with Gasteiger partial charge in [-0.1, -0.05) is 0 Å². The predicted molar refractivity (Wildman–Crippen MR) is 25.6 cm³/mol. The minimum Gasteiger partial charge on any atom is -0.542 e. The first kappa shape index (κ1) is 25.4. The first-order valence-electron chi connectivity index (χ1n) is 1.28. The van der Waals surface area contributed by atoms with Crippen molar-refractivity contribution in [1.29, 1.82) is 0 Å². The smallest absolute Gasteiger partial charge is 0.106 e. The van der Waals surface area contributed by atoms with E-state index < -0.39 is 0 Å². The SMILES string of the molecule is C=O.C=O.C[C-]=O.[Rh]. The first-order chi connectivity index (χ1) is 3.41. The molecule has 0 aliphatic rings. The van der Waals surface area contributed by atoms with Crippen LogP contribution in [0.5, 0.6) is 0 Å². The van der Waals surface area contributed by atoms with Crippen molar-refractivity contribution in [3.63, 3.8) is 0 Å². The van der Waals surface area contributed by atoms with E-state index in [4.69, 9.17) is 14.4 Å². The van der Waals surface area contributed by atoms with Crippen molar-refractivity contribution in [3.8, 4) is 0 Å². The molecule has 0 saturated heterocycles. The maximum Gasteiger partial charge on any atom is 0.106 e. The summed E-state index contributed by atoms with van der Waals surface area (Å²) in [5.74, 6) is 0. The average Bonchev–Trinajstić information content (AvgIpc) is 1.78. The Morgan fingerprint density at radius 3 is 1.12 bits per heavy atom. The van der Waals surface area contributed by atoms with Crippen molar-refractivity contribution >= 4 is 19.9 Å². The zero-order valence-corrected chi connectivity index (χ0v) is 6.11. The minimum absolute atomic E-state index is 0. The molecule has 0 saturated carbocycles. The summed E-state index contributed by atoms with van der Waals surface area (Å²) in [7, 11) is 0. The molecule has 0 aliphatic heterocycles. The quantitative estimate of drug-likeness (QED) is 0.405. The van der Waals surface area contributed by atoms with E-state index in [1.165, 1.54) is 13.2 Å². The van der Waals surface area contributed by atoms with Gasteiger partial charge in [0.05, 0.1) is 0 Å². The van der Waals surface area contributed by atoms with Crippen LogP contribution in [0, 0.1) is 0 Å². The van der Waals surface area contributed by atoms with E-state index in [1.54, 1.807) is 0 Å². The number of hydrogen-bond acceptors (Lipinski definition) is 3. The van der Waals surface area contributed by atoms with Gasteiger partial charge in [-0.25, -0.2) is 0 Å². The van der Waals surface area contributed by atoms with Crippen LogP contribution in [-0.2, 0) is 33.9 Å². The van der Waals surface area contributed by atoms with Gasteiger partial charge in [0.15, 0.2) is 0 Å². The molecule has 0 unspecified atom stereocenters. The summed E-state index contributed by atoms with van der Waals surface area (Å²) in [6.45, 7) is 5.32. The first-order valence-corrected chi connectivity index (χ1v) is 1.28. The Morgan fingerprint density at radius 1 is 1.12 bits per heavy atom. The zero-order chi connectivity index (χ0) is 6.71. The number of rotatable bonds is 0. The molecular formula is C4H7O3Rh-. The third kappa shape index (κ3) is 900. The van der Waals surface area contributed by atoms with Crippen LogP contribution >= 0.6 is 0 Å². The molecule has 0 bridgehead atoms. The third-order valence-electron chi connectivity index (χ3n) is 0. The van der Waals surface area contributed by atoms with Crippen molar-refractivity contribution in [3.05, 3.63) is 0 Å². The van der Waals surface area contributed by atoms with Gasteiger partial charge in [-0.2, -0.15) is 6.92 Å². The van der Waals surface area contributed by atoms with Gasteiger partial charge in [0.2, 0.25) is 0 Å². The fraction of sp³-hybridized carbons (Fsp3) is 0.250. The van der Waals surface area contributed by atoms with E-state index in [-0.39, 0.29) is 19.5 Å². The molecular weight excluding hydrogens is 199 g/mol. The molecule has 3 nitrogen and oxygen atoms in total. The molecule has 0 rings (SSSR count). The van der Waals surface area contributed by atoms with Gasteiger partial charge < -0.3 is 14.4 Å².